The van der Waals surface area contributed by atoms with Crippen LogP contribution in [0.4, 0.5) is 0 Å². The fourth-order valence-corrected chi connectivity index (χ4v) is 2.96. The van der Waals surface area contributed by atoms with Crippen molar-refractivity contribution in [2.75, 3.05) is 6.61 Å². The molecule has 0 bridgehead atoms. The van der Waals surface area contributed by atoms with Crippen molar-refractivity contribution in [3.63, 3.8) is 0 Å². The quantitative estimate of drug-likeness (QED) is 0.638. The summed E-state index contributed by atoms with van der Waals surface area (Å²) in [6, 6.07) is 11.7. The molecule has 0 spiro atoms. The number of benzene rings is 1. The van der Waals surface area contributed by atoms with Crippen molar-refractivity contribution in [1.29, 1.82) is 5.26 Å². The van der Waals surface area contributed by atoms with Gasteiger partial charge in [0.05, 0.1) is 23.4 Å². The van der Waals surface area contributed by atoms with Gasteiger partial charge in [-0.3, -0.25) is 14.2 Å². The SMILES string of the molecule is Cc1c(C(=O)COc2ccccc2Cl)c(O)n(Cc2ccco2)c(=O)c1C#N. The molecule has 0 radical (unpaired) electrons. The molecule has 0 saturated heterocycles. The van der Waals surface area contributed by atoms with Gasteiger partial charge in [0.25, 0.3) is 5.56 Å². The zero-order chi connectivity index (χ0) is 20.3. The highest BCUT2D eigenvalue weighted by Gasteiger charge is 2.25. The number of ketones is 1. The molecule has 1 N–H and O–H groups in total. The van der Waals surface area contributed by atoms with Crippen LogP contribution in [0, 0.1) is 18.3 Å². The predicted molar refractivity (Wildman–Crippen MR) is 101 cm³/mol. The van der Waals surface area contributed by atoms with Gasteiger partial charge in [0.1, 0.15) is 23.1 Å². The van der Waals surface area contributed by atoms with Crippen LogP contribution in [0.5, 0.6) is 11.6 Å². The van der Waals surface area contributed by atoms with Crippen LogP contribution < -0.4 is 10.3 Å². The number of furan rings is 1. The lowest BCUT2D eigenvalue weighted by atomic mass is 10.0. The average Bonchev–Trinajstić information content (AvgIpc) is 3.18. The number of carbonyl (C=O) groups is 1. The minimum absolute atomic E-state index is 0.0912. The molecule has 0 aliphatic carbocycles. The maximum absolute atomic E-state index is 12.7. The number of para-hydroxylation sites is 1. The van der Waals surface area contributed by atoms with Crippen molar-refractivity contribution in [3.8, 4) is 17.7 Å². The van der Waals surface area contributed by atoms with Crippen LogP contribution >= 0.6 is 11.6 Å². The minimum Gasteiger partial charge on any atom is -0.494 e. The lowest BCUT2D eigenvalue weighted by Gasteiger charge is -2.15. The second-order valence-corrected chi connectivity index (χ2v) is 6.33. The molecule has 28 heavy (non-hydrogen) atoms. The number of nitriles is 1. The van der Waals surface area contributed by atoms with E-state index in [0.717, 1.165) is 4.57 Å². The highest BCUT2D eigenvalue weighted by molar-refractivity contribution is 6.32. The normalized spacial score (nSPS) is 10.5. The van der Waals surface area contributed by atoms with Gasteiger partial charge in [-0.2, -0.15) is 5.26 Å². The van der Waals surface area contributed by atoms with Crippen LogP contribution in [-0.4, -0.2) is 22.1 Å². The van der Waals surface area contributed by atoms with Gasteiger partial charge >= 0.3 is 0 Å². The van der Waals surface area contributed by atoms with Crippen molar-refractivity contribution < 1.29 is 19.1 Å². The van der Waals surface area contributed by atoms with Crippen LogP contribution in [0.2, 0.25) is 5.02 Å². The third kappa shape index (κ3) is 3.63. The van der Waals surface area contributed by atoms with Gasteiger partial charge in [0, 0.05) is 0 Å². The summed E-state index contributed by atoms with van der Waals surface area (Å²) in [5.41, 5.74) is -1.01. The highest BCUT2D eigenvalue weighted by Crippen LogP contribution is 2.26. The number of pyridine rings is 1. The fraction of sp³-hybridized carbons (Fsp3) is 0.150. The van der Waals surface area contributed by atoms with E-state index in [4.69, 9.17) is 20.8 Å². The first kappa shape index (κ1) is 19.3. The number of halogens is 1. The van der Waals surface area contributed by atoms with E-state index >= 15 is 0 Å². The molecule has 2 aromatic heterocycles. The van der Waals surface area contributed by atoms with E-state index in [1.165, 1.54) is 13.2 Å². The second-order valence-electron chi connectivity index (χ2n) is 5.92. The van der Waals surface area contributed by atoms with Gasteiger partial charge in [-0.15, -0.1) is 0 Å². The van der Waals surface area contributed by atoms with Crippen molar-refractivity contribution in [3.05, 3.63) is 80.5 Å². The molecule has 0 fully saturated rings. The number of aromatic nitrogens is 1. The maximum atomic E-state index is 12.7. The average molecular weight is 399 g/mol. The number of carbonyl (C=O) groups excluding carboxylic acids is 1. The van der Waals surface area contributed by atoms with Gasteiger partial charge < -0.3 is 14.3 Å². The Labute approximate surface area is 165 Å². The molecule has 0 aliphatic rings. The van der Waals surface area contributed by atoms with Crippen LogP contribution in [0.3, 0.4) is 0 Å². The Balaban J connectivity index is 1.99. The summed E-state index contributed by atoms with van der Waals surface area (Å²) in [6.07, 6.45) is 1.42. The first-order valence-corrected chi connectivity index (χ1v) is 8.61. The highest BCUT2D eigenvalue weighted by atomic mass is 35.5. The summed E-state index contributed by atoms with van der Waals surface area (Å²) < 4.78 is 11.5. The van der Waals surface area contributed by atoms with Crippen molar-refractivity contribution >= 4 is 17.4 Å². The summed E-state index contributed by atoms with van der Waals surface area (Å²) in [4.78, 5) is 25.3. The standard InChI is InChI=1S/C20H15ClN2O5/c1-12-14(9-22)19(25)23(10-13-5-4-8-27-13)20(26)18(12)16(24)11-28-17-7-3-2-6-15(17)21/h2-8,26H,10-11H2,1H3. The van der Waals surface area contributed by atoms with Crippen molar-refractivity contribution in [2.24, 2.45) is 0 Å². The van der Waals surface area contributed by atoms with E-state index in [0.29, 0.717) is 16.5 Å². The zero-order valence-electron chi connectivity index (χ0n) is 14.8. The molecule has 142 valence electrons. The molecule has 1 aromatic carbocycles. The number of aromatic hydroxyl groups is 1. The molecule has 3 aromatic rings. The topological polar surface area (TPSA) is 105 Å². The Morgan fingerprint density at radius 1 is 1.32 bits per heavy atom. The summed E-state index contributed by atoms with van der Waals surface area (Å²) in [7, 11) is 0. The summed E-state index contributed by atoms with van der Waals surface area (Å²) in [5, 5.41) is 20.3. The van der Waals surface area contributed by atoms with Crippen LogP contribution in [0.1, 0.15) is 27.2 Å². The van der Waals surface area contributed by atoms with E-state index in [9.17, 15) is 20.0 Å². The number of nitrogens with zero attached hydrogens (tertiary/aromatic N) is 2. The first-order valence-electron chi connectivity index (χ1n) is 8.23. The number of rotatable bonds is 6. The third-order valence-corrected chi connectivity index (χ3v) is 4.48. The molecular formula is C20H15ClN2O5. The van der Waals surface area contributed by atoms with E-state index in [-0.39, 0.29) is 23.2 Å². The van der Waals surface area contributed by atoms with Gasteiger partial charge in [-0.1, -0.05) is 23.7 Å². The fourth-order valence-electron chi connectivity index (χ4n) is 2.77. The van der Waals surface area contributed by atoms with E-state index in [1.807, 2.05) is 0 Å². The van der Waals surface area contributed by atoms with E-state index in [2.05, 4.69) is 0 Å². The summed E-state index contributed by atoms with van der Waals surface area (Å²) in [6.45, 7) is 0.875. The Morgan fingerprint density at radius 3 is 2.71 bits per heavy atom. The summed E-state index contributed by atoms with van der Waals surface area (Å²) >= 11 is 6.00. The predicted octanol–water partition coefficient (Wildman–Crippen LogP) is 3.29. The van der Waals surface area contributed by atoms with Crippen molar-refractivity contribution in [2.45, 2.75) is 13.5 Å². The molecule has 3 rings (SSSR count). The van der Waals surface area contributed by atoms with E-state index < -0.39 is 23.8 Å². The summed E-state index contributed by atoms with van der Waals surface area (Å²) in [5.74, 6) is -0.458. The monoisotopic (exact) mass is 398 g/mol. The molecule has 0 aliphatic heterocycles. The van der Waals surface area contributed by atoms with Crippen molar-refractivity contribution in [1.82, 2.24) is 4.57 Å². The number of hydrogen-bond donors (Lipinski definition) is 1. The largest absolute Gasteiger partial charge is 0.494 e. The Morgan fingerprint density at radius 2 is 2.07 bits per heavy atom. The lowest BCUT2D eigenvalue weighted by Crippen LogP contribution is -2.28. The Hall–Kier alpha value is -3.50. The van der Waals surface area contributed by atoms with Crippen LogP contribution in [-0.2, 0) is 6.54 Å². The second kappa shape index (κ2) is 8.03. The Kier molecular flexibility index (Phi) is 5.52. The maximum Gasteiger partial charge on any atom is 0.271 e. The molecule has 0 saturated carbocycles. The van der Waals surface area contributed by atoms with Crippen LogP contribution in [0.15, 0.2) is 51.9 Å². The number of ether oxygens (including phenoxy) is 1. The van der Waals surface area contributed by atoms with Gasteiger partial charge in [-0.25, -0.2) is 0 Å². The number of hydrogen-bond acceptors (Lipinski definition) is 6. The molecule has 0 unspecified atom stereocenters. The van der Waals surface area contributed by atoms with Gasteiger partial charge in [0.2, 0.25) is 11.7 Å². The Bertz CT molecular complexity index is 1130. The molecule has 2 heterocycles. The molecule has 0 amide bonds. The van der Waals surface area contributed by atoms with Crippen LogP contribution in [0.25, 0.3) is 0 Å². The molecule has 8 heteroatoms. The zero-order valence-corrected chi connectivity index (χ0v) is 15.6. The first-order chi connectivity index (χ1) is 13.4. The molecular weight excluding hydrogens is 384 g/mol. The third-order valence-electron chi connectivity index (χ3n) is 4.17. The minimum atomic E-state index is -0.711. The van der Waals surface area contributed by atoms with E-state index in [1.54, 1.807) is 42.5 Å². The molecule has 7 nitrogen and oxygen atoms in total. The van der Waals surface area contributed by atoms with Gasteiger partial charge in [-0.05, 0) is 36.8 Å². The lowest BCUT2D eigenvalue weighted by molar-refractivity contribution is 0.0916. The van der Waals surface area contributed by atoms with Gasteiger partial charge in [0.15, 0.2) is 6.61 Å². The number of Topliss-reactive ketones (excluding diaryl/α,β-unsaturated/α-hetero) is 1. The molecule has 0 atom stereocenters. The smallest absolute Gasteiger partial charge is 0.271 e.